The molecule has 3 atom stereocenters. The Labute approximate surface area is 97.7 Å². The van der Waals surface area contributed by atoms with Gasteiger partial charge in [0.05, 0.1) is 5.92 Å². The normalized spacial score (nSPS) is 38.9. The molecule has 0 heterocycles. The first-order valence-electron chi connectivity index (χ1n) is 7.03. The van der Waals surface area contributed by atoms with E-state index in [0.29, 0.717) is 5.92 Å². The molecule has 0 N–H and O–H groups in total. The fraction of sp³-hybridized carbons (Fsp3) is 0.929. The second kappa shape index (κ2) is 4.38. The first kappa shape index (κ1) is 10.6. The Morgan fingerprint density at radius 3 is 2.38 bits per heavy atom. The lowest BCUT2D eigenvalue weighted by Crippen LogP contribution is -2.28. The number of esters is 1. The van der Waals surface area contributed by atoms with Gasteiger partial charge in [-0.15, -0.1) is 0 Å². The van der Waals surface area contributed by atoms with Gasteiger partial charge in [-0.05, 0) is 56.8 Å². The number of hydrogen-bond donors (Lipinski definition) is 0. The van der Waals surface area contributed by atoms with E-state index in [1.807, 2.05) is 0 Å². The molecule has 2 heteroatoms. The van der Waals surface area contributed by atoms with E-state index in [4.69, 9.17) is 4.74 Å². The Morgan fingerprint density at radius 2 is 1.75 bits per heavy atom. The Kier molecular flexibility index (Phi) is 2.91. The molecule has 16 heavy (non-hydrogen) atoms. The van der Waals surface area contributed by atoms with E-state index < -0.39 is 0 Å². The third kappa shape index (κ3) is 1.99. The minimum Gasteiger partial charge on any atom is -0.462 e. The Hall–Kier alpha value is -0.530. The fourth-order valence-corrected chi connectivity index (χ4v) is 3.97. The summed E-state index contributed by atoms with van der Waals surface area (Å²) in [6, 6.07) is 0. The van der Waals surface area contributed by atoms with Gasteiger partial charge in [-0.3, -0.25) is 4.79 Å². The molecule has 3 fully saturated rings. The number of rotatable bonds is 2. The zero-order chi connectivity index (χ0) is 11.0. The lowest BCUT2D eigenvalue weighted by atomic mass is 9.89. The van der Waals surface area contributed by atoms with E-state index in [1.165, 1.54) is 38.5 Å². The van der Waals surface area contributed by atoms with Crippen molar-refractivity contribution in [2.75, 3.05) is 0 Å². The van der Waals surface area contributed by atoms with E-state index in [0.717, 1.165) is 25.2 Å². The molecule has 2 nitrogen and oxygen atoms in total. The van der Waals surface area contributed by atoms with Crippen molar-refractivity contribution in [2.24, 2.45) is 17.8 Å². The third-order valence-electron chi connectivity index (χ3n) is 4.88. The summed E-state index contributed by atoms with van der Waals surface area (Å²) in [5, 5.41) is 0. The maximum atomic E-state index is 12.1. The molecule has 3 aliphatic rings. The van der Waals surface area contributed by atoms with Crippen molar-refractivity contribution < 1.29 is 9.53 Å². The lowest BCUT2D eigenvalue weighted by molar-refractivity contribution is -0.157. The summed E-state index contributed by atoms with van der Waals surface area (Å²) in [6.45, 7) is 0. The van der Waals surface area contributed by atoms with Crippen LogP contribution in [0, 0.1) is 17.8 Å². The van der Waals surface area contributed by atoms with E-state index in [9.17, 15) is 4.79 Å². The predicted octanol–water partition coefficient (Wildman–Crippen LogP) is 3.30. The summed E-state index contributed by atoms with van der Waals surface area (Å²) in [5.74, 6) is 1.91. The second-order valence-electron chi connectivity index (χ2n) is 5.98. The topological polar surface area (TPSA) is 26.3 Å². The smallest absolute Gasteiger partial charge is 0.309 e. The predicted molar refractivity (Wildman–Crippen MR) is 61.9 cm³/mol. The van der Waals surface area contributed by atoms with Crippen molar-refractivity contribution >= 4 is 5.97 Å². The molecule has 90 valence electrons. The minimum atomic E-state index is 0.138. The highest BCUT2D eigenvalue weighted by molar-refractivity contribution is 5.73. The highest BCUT2D eigenvalue weighted by atomic mass is 16.5. The van der Waals surface area contributed by atoms with Crippen LogP contribution in [0.25, 0.3) is 0 Å². The molecular weight excluding hydrogens is 200 g/mol. The molecule has 3 aliphatic carbocycles. The molecule has 0 amide bonds. The van der Waals surface area contributed by atoms with Gasteiger partial charge in [0.25, 0.3) is 0 Å². The number of carbonyl (C=O) groups excluding carboxylic acids is 1. The fourth-order valence-electron chi connectivity index (χ4n) is 3.97. The van der Waals surface area contributed by atoms with Gasteiger partial charge in [0.1, 0.15) is 6.10 Å². The van der Waals surface area contributed by atoms with Crippen LogP contribution >= 0.6 is 0 Å². The highest BCUT2D eigenvalue weighted by Crippen LogP contribution is 2.48. The minimum absolute atomic E-state index is 0.138. The number of ether oxygens (including phenoxy) is 1. The first-order chi connectivity index (χ1) is 7.83. The molecule has 0 aromatic heterocycles. The van der Waals surface area contributed by atoms with Gasteiger partial charge in [0.15, 0.2) is 0 Å². The molecule has 0 saturated heterocycles. The molecule has 0 aliphatic heterocycles. The van der Waals surface area contributed by atoms with Crippen LogP contribution in [0.1, 0.15) is 57.8 Å². The summed E-state index contributed by atoms with van der Waals surface area (Å²) >= 11 is 0. The van der Waals surface area contributed by atoms with Crippen LogP contribution in [0.2, 0.25) is 0 Å². The van der Waals surface area contributed by atoms with Crippen LogP contribution in [-0.2, 0) is 9.53 Å². The largest absolute Gasteiger partial charge is 0.462 e. The molecule has 2 bridgehead atoms. The summed E-state index contributed by atoms with van der Waals surface area (Å²) in [5.41, 5.74) is 0. The maximum absolute atomic E-state index is 12.1. The summed E-state index contributed by atoms with van der Waals surface area (Å²) in [4.78, 5) is 12.1. The quantitative estimate of drug-likeness (QED) is 0.670. The molecule has 0 aromatic rings. The van der Waals surface area contributed by atoms with E-state index in [-0.39, 0.29) is 18.0 Å². The average Bonchev–Trinajstić information content (AvgIpc) is 2.92. The molecule has 0 aromatic carbocycles. The van der Waals surface area contributed by atoms with Crippen molar-refractivity contribution in [3.8, 4) is 0 Å². The molecule has 3 saturated carbocycles. The van der Waals surface area contributed by atoms with Gasteiger partial charge in [-0.2, -0.15) is 0 Å². The van der Waals surface area contributed by atoms with Gasteiger partial charge in [0.2, 0.25) is 0 Å². The van der Waals surface area contributed by atoms with Gasteiger partial charge in [-0.1, -0.05) is 12.8 Å². The molecular formula is C14H22O2. The van der Waals surface area contributed by atoms with Gasteiger partial charge in [-0.25, -0.2) is 0 Å². The molecule has 2 unspecified atom stereocenters. The van der Waals surface area contributed by atoms with Crippen LogP contribution < -0.4 is 0 Å². The molecule has 0 spiro atoms. The molecule has 0 radical (unpaired) electrons. The van der Waals surface area contributed by atoms with Gasteiger partial charge in [0, 0.05) is 0 Å². The Balaban J connectivity index is 1.53. The van der Waals surface area contributed by atoms with E-state index >= 15 is 0 Å². The highest BCUT2D eigenvalue weighted by Gasteiger charge is 2.44. The van der Waals surface area contributed by atoms with Crippen molar-refractivity contribution in [2.45, 2.75) is 63.9 Å². The van der Waals surface area contributed by atoms with Crippen LogP contribution in [0.15, 0.2) is 0 Å². The van der Waals surface area contributed by atoms with Gasteiger partial charge >= 0.3 is 5.97 Å². The van der Waals surface area contributed by atoms with Crippen molar-refractivity contribution in [1.29, 1.82) is 0 Å². The Morgan fingerprint density at radius 1 is 0.938 bits per heavy atom. The first-order valence-corrected chi connectivity index (χ1v) is 7.03. The van der Waals surface area contributed by atoms with Crippen LogP contribution in [0.5, 0.6) is 0 Å². The van der Waals surface area contributed by atoms with Crippen LogP contribution in [0.4, 0.5) is 0 Å². The molecule has 3 rings (SSSR count). The SMILES string of the molecule is O=C(OC1CCCCC1)C1CC2CC[C@@H]1C2. The monoisotopic (exact) mass is 222 g/mol. The van der Waals surface area contributed by atoms with Crippen LogP contribution in [0.3, 0.4) is 0 Å². The number of carbonyl (C=O) groups is 1. The summed E-state index contributed by atoms with van der Waals surface area (Å²) in [6.07, 6.45) is 11.3. The summed E-state index contributed by atoms with van der Waals surface area (Å²) in [7, 11) is 0. The van der Waals surface area contributed by atoms with Crippen LogP contribution in [-0.4, -0.2) is 12.1 Å². The second-order valence-corrected chi connectivity index (χ2v) is 5.98. The van der Waals surface area contributed by atoms with E-state index in [2.05, 4.69) is 0 Å². The standard InChI is InChI=1S/C14H22O2/c15-14(16-12-4-2-1-3-5-12)13-9-10-6-7-11(13)8-10/h10-13H,1-9H2/t10?,11-,13?/m1/s1. The van der Waals surface area contributed by atoms with Crippen molar-refractivity contribution in [3.63, 3.8) is 0 Å². The third-order valence-corrected chi connectivity index (χ3v) is 4.88. The van der Waals surface area contributed by atoms with Crippen molar-refractivity contribution in [1.82, 2.24) is 0 Å². The number of hydrogen-bond acceptors (Lipinski definition) is 2. The zero-order valence-electron chi connectivity index (χ0n) is 9.99. The Bertz CT molecular complexity index is 268. The number of fused-ring (bicyclic) bond motifs is 2. The average molecular weight is 222 g/mol. The van der Waals surface area contributed by atoms with Gasteiger partial charge < -0.3 is 4.74 Å². The lowest BCUT2D eigenvalue weighted by Gasteiger charge is -2.26. The van der Waals surface area contributed by atoms with E-state index in [1.54, 1.807) is 0 Å². The zero-order valence-corrected chi connectivity index (χ0v) is 9.99. The summed E-state index contributed by atoms with van der Waals surface area (Å²) < 4.78 is 5.69. The van der Waals surface area contributed by atoms with Crippen molar-refractivity contribution in [3.05, 3.63) is 0 Å². The maximum Gasteiger partial charge on any atom is 0.309 e.